The lowest BCUT2D eigenvalue weighted by molar-refractivity contribution is 0.263. The van der Waals surface area contributed by atoms with Gasteiger partial charge in [-0.05, 0) is 36.8 Å². The third-order valence-electron chi connectivity index (χ3n) is 4.03. The normalized spacial score (nSPS) is 13.5. The molecule has 0 saturated heterocycles. The van der Waals surface area contributed by atoms with Gasteiger partial charge in [-0.2, -0.15) is 0 Å². The Bertz CT molecular complexity index is 365. The zero-order valence-electron chi connectivity index (χ0n) is 13.0. The molecule has 1 aromatic carbocycles. The van der Waals surface area contributed by atoms with Crippen molar-refractivity contribution in [2.75, 3.05) is 6.54 Å². The molecule has 0 aliphatic heterocycles. The third kappa shape index (κ3) is 4.54. The molecule has 2 nitrogen and oxygen atoms in total. The summed E-state index contributed by atoms with van der Waals surface area (Å²) < 4.78 is 0. The SMILES string of the molecule is CCC(NCC(C(C)C)C(C)C)c1ccccc1O. The van der Waals surface area contributed by atoms with Crippen LogP contribution >= 0.6 is 0 Å². The molecule has 0 bridgehead atoms. The van der Waals surface area contributed by atoms with E-state index in [1.165, 1.54) is 0 Å². The highest BCUT2D eigenvalue weighted by Crippen LogP contribution is 2.27. The minimum atomic E-state index is 0.237. The fourth-order valence-electron chi connectivity index (χ4n) is 2.78. The number of nitrogens with one attached hydrogen (secondary N) is 1. The van der Waals surface area contributed by atoms with Crippen molar-refractivity contribution in [3.05, 3.63) is 29.8 Å². The molecule has 0 heterocycles. The van der Waals surface area contributed by atoms with Gasteiger partial charge in [0.2, 0.25) is 0 Å². The average molecular weight is 263 g/mol. The first-order valence-electron chi connectivity index (χ1n) is 7.48. The Morgan fingerprint density at radius 1 is 1.05 bits per heavy atom. The number of para-hydroxylation sites is 1. The number of hydrogen-bond acceptors (Lipinski definition) is 2. The molecule has 2 N–H and O–H groups in total. The number of phenols is 1. The van der Waals surface area contributed by atoms with Crippen molar-refractivity contribution < 1.29 is 5.11 Å². The zero-order valence-corrected chi connectivity index (χ0v) is 13.0. The van der Waals surface area contributed by atoms with Crippen LogP contribution in [0.5, 0.6) is 5.75 Å². The van der Waals surface area contributed by atoms with E-state index in [0.29, 0.717) is 23.5 Å². The van der Waals surface area contributed by atoms with Crippen LogP contribution in [0, 0.1) is 17.8 Å². The molecular weight excluding hydrogens is 234 g/mol. The van der Waals surface area contributed by atoms with Gasteiger partial charge in [0.15, 0.2) is 0 Å². The molecule has 0 aromatic heterocycles. The number of aromatic hydroxyl groups is 1. The van der Waals surface area contributed by atoms with E-state index in [2.05, 4.69) is 39.9 Å². The first-order chi connectivity index (χ1) is 8.97. The van der Waals surface area contributed by atoms with Gasteiger partial charge in [-0.1, -0.05) is 52.8 Å². The van der Waals surface area contributed by atoms with Crippen molar-refractivity contribution in [3.63, 3.8) is 0 Å². The molecule has 0 spiro atoms. The Balaban J connectivity index is 2.70. The van der Waals surface area contributed by atoms with Crippen molar-refractivity contribution in [2.45, 2.75) is 47.1 Å². The van der Waals surface area contributed by atoms with Gasteiger partial charge in [0, 0.05) is 11.6 Å². The molecule has 19 heavy (non-hydrogen) atoms. The summed E-state index contributed by atoms with van der Waals surface area (Å²) in [5, 5.41) is 13.6. The van der Waals surface area contributed by atoms with Crippen LogP contribution in [0.2, 0.25) is 0 Å². The number of hydrogen-bond donors (Lipinski definition) is 2. The van der Waals surface area contributed by atoms with E-state index in [0.717, 1.165) is 18.5 Å². The second-order valence-electron chi connectivity index (χ2n) is 6.08. The van der Waals surface area contributed by atoms with Crippen LogP contribution in [0.3, 0.4) is 0 Å². The molecule has 108 valence electrons. The highest BCUT2D eigenvalue weighted by Gasteiger charge is 2.20. The Hall–Kier alpha value is -1.02. The maximum Gasteiger partial charge on any atom is 0.120 e. The van der Waals surface area contributed by atoms with E-state index in [1.807, 2.05) is 18.2 Å². The minimum Gasteiger partial charge on any atom is -0.508 e. The summed E-state index contributed by atoms with van der Waals surface area (Å²) in [6.45, 7) is 12.3. The molecule has 2 heteroatoms. The average Bonchev–Trinajstić information content (AvgIpc) is 2.35. The van der Waals surface area contributed by atoms with Crippen LogP contribution in [0.15, 0.2) is 24.3 Å². The Morgan fingerprint density at radius 2 is 1.63 bits per heavy atom. The third-order valence-corrected chi connectivity index (χ3v) is 4.03. The van der Waals surface area contributed by atoms with E-state index >= 15 is 0 Å². The van der Waals surface area contributed by atoms with Gasteiger partial charge in [0.05, 0.1) is 0 Å². The van der Waals surface area contributed by atoms with Crippen molar-refractivity contribution in [2.24, 2.45) is 17.8 Å². The molecule has 1 unspecified atom stereocenters. The molecule has 1 rings (SSSR count). The summed E-state index contributed by atoms with van der Waals surface area (Å²) in [5.74, 6) is 2.41. The largest absolute Gasteiger partial charge is 0.508 e. The highest BCUT2D eigenvalue weighted by atomic mass is 16.3. The summed E-state index contributed by atoms with van der Waals surface area (Å²) in [6.07, 6.45) is 0.987. The van der Waals surface area contributed by atoms with Crippen LogP contribution in [-0.2, 0) is 0 Å². The summed E-state index contributed by atoms with van der Waals surface area (Å²) in [7, 11) is 0. The van der Waals surface area contributed by atoms with Crippen molar-refractivity contribution in [1.82, 2.24) is 5.32 Å². The van der Waals surface area contributed by atoms with Gasteiger partial charge in [0.1, 0.15) is 5.75 Å². The zero-order chi connectivity index (χ0) is 14.4. The first kappa shape index (κ1) is 16.0. The molecule has 0 radical (unpaired) electrons. The van der Waals surface area contributed by atoms with Gasteiger partial charge >= 0.3 is 0 Å². The summed E-state index contributed by atoms with van der Waals surface area (Å²) in [4.78, 5) is 0. The molecule has 0 aliphatic rings. The molecule has 0 amide bonds. The molecule has 1 aromatic rings. The van der Waals surface area contributed by atoms with Crippen LogP contribution in [0.1, 0.15) is 52.6 Å². The Kier molecular flexibility index (Phi) is 6.36. The minimum absolute atomic E-state index is 0.237. The topological polar surface area (TPSA) is 32.3 Å². The Labute approximate surface area is 118 Å². The molecular formula is C17H29NO. The van der Waals surface area contributed by atoms with E-state index in [9.17, 15) is 5.11 Å². The lowest BCUT2D eigenvalue weighted by Gasteiger charge is -2.28. The van der Waals surface area contributed by atoms with Crippen LogP contribution in [0.25, 0.3) is 0 Å². The summed E-state index contributed by atoms with van der Waals surface area (Å²) in [6, 6.07) is 7.87. The molecule has 0 saturated carbocycles. The van der Waals surface area contributed by atoms with E-state index in [4.69, 9.17) is 0 Å². The predicted molar refractivity (Wildman–Crippen MR) is 82.3 cm³/mol. The van der Waals surface area contributed by atoms with Crippen molar-refractivity contribution >= 4 is 0 Å². The van der Waals surface area contributed by atoms with Gasteiger partial charge in [-0.15, -0.1) is 0 Å². The van der Waals surface area contributed by atoms with Crippen molar-refractivity contribution in [3.8, 4) is 5.75 Å². The van der Waals surface area contributed by atoms with Crippen LogP contribution < -0.4 is 5.32 Å². The maximum atomic E-state index is 9.96. The molecule has 0 aliphatic carbocycles. The monoisotopic (exact) mass is 263 g/mol. The standard InChI is InChI=1S/C17H29NO/c1-6-16(14-9-7-8-10-17(14)19)18-11-15(12(2)3)13(4)5/h7-10,12-13,15-16,18-19H,6,11H2,1-5H3. The van der Waals surface area contributed by atoms with Crippen LogP contribution in [-0.4, -0.2) is 11.7 Å². The summed E-state index contributed by atoms with van der Waals surface area (Å²) >= 11 is 0. The van der Waals surface area contributed by atoms with Gasteiger partial charge < -0.3 is 10.4 Å². The van der Waals surface area contributed by atoms with Gasteiger partial charge in [-0.25, -0.2) is 0 Å². The predicted octanol–water partition coefficient (Wildman–Crippen LogP) is 4.36. The first-order valence-corrected chi connectivity index (χ1v) is 7.48. The van der Waals surface area contributed by atoms with Crippen molar-refractivity contribution in [1.29, 1.82) is 0 Å². The second kappa shape index (κ2) is 7.54. The number of phenolic OH excluding ortho intramolecular Hbond substituents is 1. The quantitative estimate of drug-likeness (QED) is 0.766. The highest BCUT2D eigenvalue weighted by molar-refractivity contribution is 5.34. The van der Waals surface area contributed by atoms with E-state index < -0.39 is 0 Å². The maximum absolute atomic E-state index is 9.96. The number of benzene rings is 1. The lowest BCUT2D eigenvalue weighted by atomic mass is 9.85. The van der Waals surface area contributed by atoms with Gasteiger partial charge in [0.25, 0.3) is 0 Å². The molecule has 0 fully saturated rings. The van der Waals surface area contributed by atoms with Crippen LogP contribution in [0.4, 0.5) is 0 Å². The van der Waals surface area contributed by atoms with E-state index in [1.54, 1.807) is 6.07 Å². The summed E-state index contributed by atoms with van der Waals surface area (Å²) in [5.41, 5.74) is 1.01. The number of rotatable bonds is 7. The second-order valence-corrected chi connectivity index (χ2v) is 6.08. The molecule has 1 atom stereocenters. The van der Waals surface area contributed by atoms with E-state index in [-0.39, 0.29) is 6.04 Å². The fraction of sp³-hybridized carbons (Fsp3) is 0.647. The smallest absolute Gasteiger partial charge is 0.120 e. The van der Waals surface area contributed by atoms with Gasteiger partial charge in [-0.3, -0.25) is 0 Å². The lowest BCUT2D eigenvalue weighted by Crippen LogP contribution is -2.32. The fourth-order valence-corrected chi connectivity index (χ4v) is 2.78. The Morgan fingerprint density at radius 3 is 2.11 bits per heavy atom.